The first-order chi connectivity index (χ1) is 8.06. The SMILES string of the molecule is O=C(O)c1ccc(NC2(CO)CCC2)cc1Cl. The molecule has 0 spiro atoms. The number of carboxylic acids is 1. The van der Waals surface area contributed by atoms with Crippen molar-refractivity contribution in [3.8, 4) is 0 Å². The molecule has 92 valence electrons. The molecule has 0 radical (unpaired) electrons. The van der Waals surface area contributed by atoms with Crippen LogP contribution in [-0.4, -0.2) is 28.3 Å². The van der Waals surface area contributed by atoms with Gasteiger partial charge in [-0.15, -0.1) is 0 Å². The fourth-order valence-corrected chi connectivity index (χ4v) is 2.26. The molecule has 0 saturated heterocycles. The van der Waals surface area contributed by atoms with E-state index < -0.39 is 5.97 Å². The van der Waals surface area contributed by atoms with Crippen molar-refractivity contribution in [2.24, 2.45) is 0 Å². The molecule has 0 heterocycles. The van der Waals surface area contributed by atoms with Crippen molar-refractivity contribution in [2.75, 3.05) is 11.9 Å². The van der Waals surface area contributed by atoms with Crippen molar-refractivity contribution in [3.63, 3.8) is 0 Å². The van der Waals surface area contributed by atoms with Gasteiger partial charge in [0.15, 0.2) is 0 Å². The second-order valence-corrected chi connectivity index (χ2v) is 4.82. The number of halogens is 1. The van der Waals surface area contributed by atoms with Crippen LogP contribution in [0.5, 0.6) is 0 Å². The summed E-state index contributed by atoms with van der Waals surface area (Å²) < 4.78 is 0. The third kappa shape index (κ3) is 2.37. The van der Waals surface area contributed by atoms with Crippen LogP contribution in [0.4, 0.5) is 5.69 Å². The summed E-state index contributed by atoms with van der Waals surface area (Å²) >= 11 is 5.87. The van der Waals surface area contributed by atoms with Crippen LogP contribution in [-0.2, 0) is 0 Å². The number of nitrogens with one attached hydrogen (secondary N) is 1. The Morgan fingerprint density at radius 3 is 2.59 bits per heavy atom. The van der Waals surface area contributed by atoms with Crippen molar-refractivity contribution in [1.82, 2.24) is 0 Å². The summed E-state index contributed by atoms with van der Waals surface area (Å²) in [7, 11) is 0. The van der Waals surface area contributed by atoms with Crippen LogP contribution >= 0.6 is 11.6 Å². The van der Waals surface area contributed by atoms with Crippen molar-refractivity contribution < 1.29 is 15.0 Å². The zero-order chi connectivity index (χ0) is 12.5. The lowest BCUT2D eigenvalue weighted by atomic mass is 9.77. The first kappa shape index (κ1) is 12.2. The predicted molar refractivity (Wildman–Crippen MR) is 65.7 cm³/mol. The van der Waals surface area contributed by atoms with Crippen molar-refractivity contribution in [1.29, 1.82) is 0 Å². The lowest BCUT2D eigenvalue weighted by Crippen LogP contribution is -2.48. The van der Waals surface area contributed by atoms with Crippen LogP contribution in [0.3, 0.4) is 0 Å². The Hall–Kier alpha value is -1.26. The van der Waals surface area contributed by atoms with Gasteiger partial charge in [-0.3, -0.25) is 0 Å². The molecule has 3 N–H and O–H groups in total. The van der Waals surface area contributed by atoms with E-state index in [2.05, 4.69) is 5.32 Å². The zero-order valence-corrected chi connectivity index (χ0v) is 10.00. The van der Waals surface area contributed by atoms with E-state index in [1.807, 2.05) is 0 Å². The van der Waals surface area contributed by atoms with E-state index in [1.54, 1.807) is 12.1 Å². The molecule has 0 bridgehead atoms. The molecule has 0 atom stereocenters. The molecule has 4 nitrogen and oxygen atoms in total. The Morgan fingerprint density at radius 1 is 1.47 bits per heavy atom. The van der Waals surface area contributed by atoms with Gasteiger partial charge in [-0.05, 0) is 37.5 Å². The van der Waals surface area contributed by atoms with Gasteiger partial charge in [0.2, 0.25) is 0 Å². The highest BCUT2D eigenvalue weighted by atomic mass is 35.5. The van der Waals surface area contributed by atoms with E-state index in [9.17, 15) is 9.90 Å². The van der Waals surface area contributed by atoms with Gasteiger partial charge in [-0.1, -0.05) is 11.6 Å². The van der Waals surface area contributed by atoms with Gasteiger partial charge in [0.1, 0.15) is 0 Å². The smallest absolute Gasteiger partial charge is 0.337 e. The third-order valence-corrected chi connectivity index (χ3v) is 3.54. The molecule has 17 heavy (non-hydrogen) atoms. The Balaban J connectivity index is 2.17. The molecule has 1 aromatic carbocycles. The van der Waals surface area contributed by atoms with Crippen LogP contribution in [0.25, 0.3) is 0 Å². The lowest BCUT2D eigenvalue weighted by molar-refractivity contribution is 0.0697. The summed E-state index contributed by atoms with van der Waals surface area (Å²) in [6.07, 6.45) is 2.93. The van der Waals surface area contributed by atoms with Gasteiger partial charge in [0.05, 0.1) is 22.7 Å². The summed E-state index contributed by atoms with van der Waals surface area (Å²) in [5, 5.41) is 21.6. The molecule has 2 rings (SSSR count). The number of hydrogen-bond donors (Lipinski definition) is 3. The number of aliphatic hydroxyl groups is 1. The number of carboxylic acid groups (broad SMARTS) is 1. The van der Waals surface area contributed by atoms with E-state index in [4.69, 9.17) is 16.7 Å². The fourth-order valence-electron chi connectivity index (χ4n) is 2.00. The number of carbonyl (C=O) groups is 1. The van der Waals surface area contributed by atoms with Gasteiger partial charge in [-0.25, -0.2) is 4.79 Å². The number of aromatic carboxylic acids is 1. The molecule has 5 heteroatoms. The summed E-state index contributed by atoms with van der Waals surface area (Å²) in [6, 6.07) is 4.72. The molecule has 0 unspecified atom stereocenters. The second-order valence-electron chi connectivity index (χ2n) is 4.42. The minimum atomic E-state index is -1.04. The Morgan fingerprint density at radius 2 is 2.18 bits per heavy atom. The van der Waals surface area contributed by atoms with Crippen LogP contribution in [0.2, 0.25) is 5.02 Å². The quantitative estimate of drug-likeness (QED) is 0.773. The Labute approximate surface area is 104 Å². The van der Waals surface area contributed by atoms with Gasteiger partial charge >= 0.3 is 5.97 Å². The first-order valence-corrected chi connectivity index (χ1v) is 5.86. The topological polar surface area (TPSA) is 69.6 Å². The van der Waals surface area contributed by atoms with E-state index in [0.29, 0.717) is 0 Å². The average molecular weight is 256 g/mol. The van der Waals surface area contributed by atoms with Crippen LogP contribution < -0.4 is 5.32 Å². The summed E-state index contributed by atoms with van der Waals surface area (Å²) in [6.45, 7) is 0.0747. The standard InChI is InChI=1S/C12H14ClNO3/c13-10-6-8(2-3-9(10)11(16)17)14-12(7-15)4-1-5-12/h2-3,6,14-15H,1,4-5,7H2,(H,16,17). The Kier molecular flexibility index (Phi) is 3.26. The maximum atomic E-state index is 10.8. The molecular formula is C12H14ClNO3. The molecule has 0 aliphatic heterocycles. The molecule has 1 fully saturated rings. The van der Waals surface area contributed by atoms with Gasteiger partial charge < -0.3 is 15.5 Å². The van der Waals surface area contributed by atoms with Crippen molar-refractivity contribution in [2.45, 2.75) is 24.8 Å². The number of anilines is 1. The van der Waals surface area contributed by atoms with Gasteiger partial charge in [0.25, 0.3) is 0 Å². The average Bonchev–Trinajstić information content (AvgIpc) is 2.23. The lowest BCUT2D eigenvalue weighted by Gasteiger charge is -2.41. The number of benzene rings is 1. The molecule has 0 aromatic heterocycles. The maximum Gasteiger partial charge on any atom is 0.337 e. The van der Waals surface area contributed by atoms with E-state index >= 15 is 0 Å². The minimum absolute atomic E-state index is 0.0747. The minimum Gasteiger partial charge on any atom is -0.478 e. The predicted octanol–water partition coefficient (Wildman–Crippen LogP) is 2.37. The second kappa shape index (κ2) is 4.55. The number of rotatable bonds is 4. The van der Waals surface area contributed by atoms with Crippen molar-refractivity contribution >= 4 is 23.3 Å². The zero-order valence-electron chi connectivity index (χ0n) is 9.24. The van der Waals surface area contributed by atoms with Crippen LogP contribution in [0, 0.1) is 0 Å². The highest BCUT2D eigenvalue weighted by molar-refractivity contribution is 6.33. The fraction of sp³-hybridized carbons (Fsp3) is 0.417. The third-order valence-electron chi connectivity index (χ3n) is 3.22. The largest absolute Gasteiger partial charge is 0.478 e. The van der Waals surface area contributed by atoms with Crippen LogP contribution in [0.1, 0.15) is 29.6 Å². The molecule has 1 aliphatic rings. The number of aliphatic hydroxyl groups excluding tert-OH is 1. The normalized spacial score (nSPS) is 17.3. The monoisotopic (exact) mass is 255 g/mol. The number of hydrogen-bond acceptors (Lipinski definition) is 3. The molecule has 1 aliphatic carbocycles. The van der Waals surface area contributed by atoms with E-state index in [0.717, 1.165) is 24.9 Å². The van der Waals surface area contributed by atoms with E-state index in [-0.39, 0.29) is 22.7 Å². The highest BCUT2D eigenvalue weighted by Gasteiger charge is 2.36. The van der Waals surface area contributed by atoms with E-state index in [1.165, 1.54) is 6.07 Å². The molecule has 1 aromatic rings. The molecule has 1 saturated carbocycles. The summed E-state index contributed by atoms with van der Waals surface area (Å²) in [4.78, 5) is 10.8. The summed E-state index contributed by atoms with van der Waals surface area (Å²) in [5.41, 5.74) is 0.575. The van der Waals surface area contributed by atoms with Crippen molar-refractivity contribution in [3.05, 3.63) is 28.8 Å². The van der Waals surface area contributed by atoms with Gasteiger partial charge in [-0.2, -0.15) is 0 Å². The maximum absolute atomic E-state index is 10.8. The summed E-state index contributed by atoms with van der Waals surface area (Å²) in [5.74, 6) is -1.04. The molecular weight excluding hydrogens is 242 g/mol. The first-order valence-electron chi connectivity index (χ1n) is 5.48. The highest BCUT2D eigenvalue weighted by Crippen LogP contribution is 2.35. The Bertz CT molecular complexity index is 438. The van der Waals surface area contributed by atoms with Gasteiger partial charge in [0, 0.05) is 5.69 Å². The van der Waals surface area contributed by atoms with Crippen LogP contribution in [0.15, 0.2) is 18.2 Å². The molecule has 0 amide bonds.